The molecule has 1 amide bonds. The average Bonchev–Trinajstić information content (AvgIpc) is 2.31. The minimum Gasteiger partial charge on any atom is -0.378 e. The van der Waals surface area contributed by atoms with Crippen LogP contribution in [0.1, 0.15) is 32.6 Å². The molecule has 0 radical (unpaired) electrons. The number of hydrogen-bond donors (Lipinski definition) is 1. The highest BCUT2D eigenvalue weighted by atomic mass is 35.5. The van der Waals surface area contributed by atoms with Crippen LogP contribution in [0.15, 0.2) is 0 Å². The van der Waals surface area contributed by atoms with E-state index in [2.05, 4.69) is 12.2 Å². The van der Waals surface area contributed by atoms with Gasteiger partial charge < -0.3 is 15.0 Å². The second-order valence-electron chi connectivity index (χ2n) is 4.83. The van der Waals surface area contributed by atoms with Gasteiger partial charge in [-0.15, -0.1) is 12.4 Å². The van der Waals surface area contributed by atoms with Crippen LogP contribution in [0.5, 0.6) is 0 Å². The summed E-state index contributed by atoms with van der Waals surface area (Å²) in [5.41, 5.74) is 0. The Labute approximate surface area is 109 Å². The van der Waals surface area contributed by atoms with Gasteiger partial charge in [0.15, 0.2) is 0 Å². The topological polar surface area (TPSA) is 41.6 Å². The summed E-state index contributed by atoms with van der Waals surface area (Å²) in [5.74, 6) is 0.265. The van der Waals surface area contributed by atoms with Gasteiger partial charge in [-0.3, -0.25) is 4.79 Å². The molecule has 100 valence electrons. The van der Waals surface area contributed by atoms with Crippen molar-refractivity contribution in [3.05, 3.63) is 0 Å². The molecule has 0 bridgehead atoms. The Morgan fingerprint density at radius 3 is 2.94 bits per heavy atom. The van der Waals surface area contributed by atoms with E-state index in [9.17, 15) is 4.79 Å². The SMILES string of the molecule is C[C@H]1CNCCN1C(=O)CC1CCCCO1.Cl. The van der Waals surface area contributed by atoms with Gasteiger partial charge in [-0.2, -0.15) is 0 Å². The smallest absolute Gasteiger partial charge is 0.225 e. The lowest BCUT2D eigenvalue weighted by Crippen LogP contribution is -2.52. The molecule has 2 heterocycles. The Morgan fingerprint density at radius 2 is 2.29 bits per heavy atom. The van der Waals surface area contributed by atoms with Crippen LogP contribution in [0.2, 0.25) is 0 Å². The van der Waals surface area contributed by atoms with Crippen LogP contribution in [-0.4, -0.2) is 49.2 Å². The van der Waals surface area contributed by atoms with Crippen LogP contribution in [0, 0.1) is 0 Å². The molecule has 17 heavy (non-hydrogen) atoms. The van der Waals surface area contributed by atoms with Gasteiger partial charge >= 0.3 is 0 Å². The third kappa shape index (κ3) is 4.12. The van der Waals surface area contributed by atoms with Gasteiger partial charge in [0, 0.05) is 32.3 Å². The standard InChI is InChI=1S/C12H22N2O2.ClH/c1-10-9-13-5-6-14(10)12(15)8-11-4-2-3-7-16-11;/h10-11,13H,2-9H2,1H3;1H/t10-,11?;/m0./s1. The highest BCUT2D eigenvalue weighted by molar-refractivity contribution is 5.85. The van der Waals surface area contributed by atoms with Crippen molar-refractivity contribution in [1.82, 2.24) is 10.2 Å². The van der Waals surface area contributed by atoms with Gasteiger partial charge in [-0.25, -0.2) is 0 Å². The van der Waals surface area contributed by atoms with Gasteiger partial charge in [0.1, 0.15) is 0 Å². The van der Waals surface area contributed by atoms with Crippen molar-refractivity contribution in [3.63, 3.8) is 0 Å². The molecule has 0 saturated carbocycles. The molecule has 2 fully saturated rings. The van der Waals surface area contributed by atoms with E-state index in [-0.39, 0.29) is 24.4 Å². The molecule has 2 saturated heterocycles. The lowest BCUT2D eigenvalue weighted by Gasteiger charge is -2.35. The van der Waals surface area contributed by atoms with E-state index in [1.54, 1.807) is 0 Å². The van der Waals surface area contributed by atoms with E-state index >= 15 is 0 Å². The summed E-state index contributed by atoms with van der Waals surface area (Å²) in [6, 6.07) is 0.324. The predicted molar refractivity (Wildman–Crippen MR) is 69.5 cm³/mol. The normalized spacial score (nSPS) is 29.6. The van der Waals surface area contributed by atoms with Crippen LogP contribution in [0.4, 0.5) is 0 Å². The number of halogens is 1. The fourth-order valence-corrected chi connectivity index (χ4v) is 2.49. The van der Waals surface area contributed by atoms with E-state index < -0.39 is 0 Å². The summed E-state index contributed by atoms with van der Waals surface area (Å²) in [5, 5.41) is 3.30. The Balaban J connectivity index is 0.00000144. The summed E-state index contributed by atoms with van der Waals surface area (Å²) in [4.78, 5) is 14.1. The fraction of sp³-hybridized carbons (Fsp3) is 0.917. The van der Waals surface area contributed by atoms with E-state index in [1.165, 1.54) is 6.42 Å². The molecule has 2 aliphatic rings. The van der Waals surface area contributed by atoms with Crippen molar-refractivity contribution in [3.8, 4) is 0 Å². The fourth-order valence-electron chi connectivity index (χ4n) is 2.49. The van der Waals surface area contributed by atoms with E-state index in [1.807, 2.05) is 4.90 Å². The molecule has 4 nitrogen and oxygen atoms in total. The van der Waals surface area contributed by atoms with Crippen molar-refractivity contribution in [1.29, 1.82) is 0 Å². The third-order valence-electron chi connectivity index (χ3n) is 3.50. The Kier molecular flexibility index (Phi) is 6.23. The number of rotatable bonds is 2. The second kappa shape index (κ2) is 7.19. The second-order valence-corrected chi connectivity index (χ2v) is 4.83. The molecule has 2 atom stereocenters. The lowest BCUT2D eigenvalue weighted by atomic mass is 10.0. The molecule has 1 N–H and O–H groups in total. The van der Waals surface area contributed by atoms with Crippen LogP contribution >= 0.6 is 12.4 Å². The molecule has 0 aromatic rings. The maximum atomic E-state index is 12.1. The maximum absolute atomic E-state index is 12.1. The van der Waals surface area contributed by atoms with Crippen molar-refractivity contribution >= 4 is 18.3 Å². The Morgan fingerprint density at radius 1 is 1.47 bits per heavy atom. The number of piperazine rings is 1. The quantitative estimate of drug-likeness (QED) is 0.813. The number of amides is 1. The molecule has 0 aromatic heterocycles. The summed E-state index contributed by atoms with van der Waals surface area (Å²) in [6.45, 7) is 5.60. The first-order valence-electron chi connectivity index (χ1n) is 6.39. The highest BCUT2D eigenvalue weighted by Gasteiger charge is 2.26. The first-order valence-corrected chi connectivity index (χ1v) is 6.39. The zero-order valence-electron chi connectivity index (χ0n) is 10.5. The van der Waals surface area contributed by atoms with Gasteiger partial charge in [0.2, 0.25) is 5.91 Å². The molecule has 5 heteroatoms. The third-order valence-corrected chi connectivity index (χ3v) is 3.50. The first-order chi connectivity index (χ1) is 7.77. The highest BCUT2D eigenvalue weighted by Crippen LogP contribution is 2.17. The maximum Gasteiger partial charge on any atom is 0.225 e. The van der Waals surface area contributed by atoms with Crippen LogP contribution in [0.25, 0.3) is 0 Å². The van der Waals surface area contributed by atoms with Gasteiger partial charge in [0.25, 0.3) is 0 Å². The number of nitrogens with zero attached hydrogens (tertiary/aromatic N) is 1. The lowest BCUT2D eigenvalue weighted by molar-refractivity contribution is -0.137. The molecule has 2 aliphatic heterocycles. The van der Waals surface area contributed by atoms with Crippen molar-refractivity contribution < 1.29 is 9.53 Å². The van der Waals surface area contributed by atoms with Crippen LogP contribution in [-0.2, 0) is 9.53 Å². The number of carbonyl (C=O) groups is 1. The monoisotopic (exact) mass is 262 g/mol. The molecule has 0 aromatic carbocycles. The zero-order chi connectivity index (χ0) is 11.4. The largest absolute Gasteiger partial charge is 0.378 e. The van der Waals surface area contributed by atoms with Gasteiger partial charge in [-0.1, -0.05) is 0 Å². The molecule has 0 aliphatic carbocycles. The average molecular weight is 263 g/mol. The summed E-state index contributed by atoms with van der Waals surface area (Å²) in [6.07, 6.45) is 4.14. The summed E-state index contributed by atoms with van der Waals surface area (Å²) in [7, 11) is 0. The predicted octanol–water partition coefficient (Wildman–Crippen LogP) is 1.19. The Hall–Kier alpha value is -0.320. The minimum atomic E-state index is 0. The van der Waals surface area contributed by atoms with Crippen LogP contribution < -0.4 is 5.32 Å². The summed E-state index contributed by atoms with van der Waals surface area (Å²) < 4.78 is 5.61. The van der Waals surface area contributed by atoms with Crippen molar-refractivity contribution in [2.75, 3.05) is 26.2 Å². The van der Waals surface area contributed by atoms with Gasteiger partial charge in [-0.05, 0) is 26.2 Å². The zero-order valence-corrected chi connectivity index (χ0v) is 11.3. The molecule has 2 rings (SSSR count). The van der Waals surface area contributed by atoms with Gasteiger partial charge in [0.05, 0.1) is 12.5 Å². The number of carbonyl (C=O) groups excluding carboxylic acids is 1. The van der Waals surface area contributed by atoms with E-state index in [4.69, 9.17) is 4.74 Å². The number of hydrogen-bond acceptors (Lipinski definition) is 3. The minimum absolute atomic E-state index is 0. The molecule has 1 unspecified atom stereocenters. The number of nitrogens with one attached hydrogen (secondary N) is 1. The Bertz CT molecular complexity index is 245. The van der Waals surface area contributed by atoms with Crippen molar-refractivity contribution in [2.45, 2.75) is 44.8 Å². The van der Waals surface area contributed by atoms with Crippen molar-refractivity contribution in [2.24, 2.45) is 0 Å². The number of ether oxygens (including phenoxy) is 1. The van der Waals surface area contributed by atoms with E-state index in [0.29, 0.717) is 12.5 Å². The summed E-state index contributed by atoms with van der Waals surface area (Å²) >= 11 is 0. The first kappa shape index (κ1) is 14.7. The van der Waals surface area contributed by atoms with Crippen LogP contribution in [0.3, 0.4) is 0 Å². The van der Waals surface area contributed by atoms with E-state index in [0.717, 1.165) is 39.1 Å². The molecule has 0 spiro atoms. The molecular formula is C12H23ClN2O2. The molecular weight excluding hydrogens is 240 g/mol.